The lowest BCUT2D eigenvalue weighted by atomic mass is 9.98. The predicted molar refractivity (Wildman–Crippen MR) is 124 cm³/mol. The number of aromatic nitrogens is 2. The van der Waals surface area contributed by atoms with Crippen LogP contribution < -0.4 is 5.56 Å². The number of thiophene rings is 1. The Labute approximate surface area is 190 Å². The molecule has 3 rings (SSSR count). The van der Waals surface area contributed by atoms with Gasteiger partial charge in [-0.25, -0.2) is 9.78 Å². The number of fused-ring (bicyclic) bond motifs is 1. The van der Waals surface area contributed by atoms with Crippen molar-refractivity contribution in [1.82, 2.24) is 19.8 Å². The van der Waals surface area contributed by atoms with Crippen LogP contribution in [0.5, 0.6) is 0 Å². The van der Waals surface area contributed by atoms with Gasteiger partial charge in [0.25, 0.3) is 5.56 Å². The lowest BCUT2D eigenvalue weighted by Gasteiger charge is -2.34. The maximum Gasteiger partial charge on any atom is 0.409 e. The molecule has 31 heavy (non-hydrogen) atoms. The van der Waals surface area contributed by atoms with Crippen molar-refractivity contribution in [3.63, 3.8) is 0 Å². The molecule has 0 aliphatic carbocycles. The molecule has 8 nitrogen and oxygen atoms in total. The Hall–Kier alpha value is -2.07. The highest BCUT2D eigenvalue weighted by Crippen LogP contribution is 2.30. The second kappa shape index (κ2) is 10.5. The number of aryl methyl sites for hydroxylation is 1. The number of thioether (sulfide) groups is 1. The van der Waals surface area contributed by atoms with Gasteiger partial charge in [0.1, 0.15) is 4.83 Å². The van der Waals surface area contributed by atoms with Gasteiger partial charge in [-0.2, -0.15) is 0 Å². The summed E-state index contributed by atoms with van der Waals surface area (Å²) in [6.07, 6.45) is 1.60. The Kier molecular flexibility index (Phi) is 7.99. The summed E-state index contributed by atoms with van der Waals surface area (Å²) in [6, 6.07) is 0. The standard InChI is InChI=1S/C21H30N4O4S2/c1-5-13(3)11-15-14(4)31-19-17(15)18(27)22-20(23-19)30-12-16(26)24-7-9-25(10-8-24)21(28)29-6-2/h13H,5-12H2,1-4H3,(H,22,23,27). The van der Waals surface area contributed by atoms with E-state index in [1.807, 2.05) is 6.92 Å². The minimum Gasteiger partial charge on any atom is -0.450 e. The van der Waals surface area contributed by atoms with E-state index in [0.29, 0.717) is 49.2 Å². The summed E-state index contributed by atoms with van der Waals surface area (Å²) in [6.45, 7) is 10.4. The minimum absolute atomic E-state index is 0.0314. The number of nitrogens with one attached hydrogen (secondary N) is 1. The first-order chi connectivity index (χ1) is 14.8. The van der Waals surface area contributed by atoms with Gasteiger partial charge in [-0.15, -0.1) is 11.3 Å². The lowest BCUT2D eigenvalue weighted by molar-refractivity contribution is -0.129. The zero-order valence-electron chi connectivity index (χ0n) is 18.5. The fourth-order valence-electron chi connectivity index (χ4n) is 3.54. The zero-order chi connectivity index (χ0) is 22.5. The van der Waals surface area contributed by atoms with Crippen molar-refractivity contribution in [3.8, 4) is 0 Å². The van der Waals surface area contributed by atoms with Crippen molar-refractivity contribution in [1.29, 1.82) is 0 Å². The van der Waals surface area contributed by atoms with E-state index in [1.165, 1.54) is 23.1 Å². The number of piperazine rings is 1. The van der Waals surface area contributed by atoms with Crippen molar-refractivity contribution < 1.29 is 14.3 Å². The third kappa shape index (κ3) is 5.60. The van der Waals surface area contributed by atoms with E-state index in [2.05, 4.69) is 23.8 Å². The summed E-state index contributed by atoms with van der Waals surface area (Å²) in [5.41, 5.74) is 0.959. The monoisotopic (exact) mass is 466 g/mol. The third-order valence-electron chi connectivity index (χ3n) is 5.58. The molecule has 0 aromatic carbocycles. The average Bonchev–Trinajstić information content (AvgIpc) is 3.07. The highest BCUT2D eigenvalue weighted by atomic mass is 32.2. The summed E-state index contributed by atoms with van der Waals surface area (Å²) in [4.78, 5) is 49.8. The molecule has 2 amide bonds. The van der Waals surface area contributed by atoms with E-state index in [0.717, 1.165) is 28.1 Å². The highest BCUT2D eigenvalue weighted by Gasteiger charge is 2.25. The van der Waals surface area contributed by atoms with Gasteiger partial charge in [-0.3, -0.25) is 9.59 Å². The van der Waals surface area contributed by atoms with Gasteiger partial charge in [-0.1, -0.05) is 32.0 Å². The number of hydrogen-bond donors (Lipinski definition) is 1. The largest absolute Gasteiger partial charge is 0.450 e. The molecule has 170 valence electrons. The van der Waals surface area contributed by atoms with Crippen molar-refractivity contribution in [2.45, 2.75) is 45.7 Å². The molecule has 1 unspecified atom stereocenters. The lowest BCUT2D eigenvalue weighted by Crippen LogP contribution is -2.51. The maximum atomic E-state index is 12.8. The van der Waals surface area contributed by atoms with Crippen molar-refractivity contribution in [2.24, 2.45) is 5.92 Å². The second-order valence-corrected chi connectivity index (χ2v) is 9.93. The van der Waals surface area contributed by atoms with Crippen LogP contribution in [-0.2, 0) is 16.0 Å². The van der Waals surface area contributed by atoms with Crippen molar-refractivity contribution in [3.05, 3.63) is 20.8 Å². The number of hydrogen-bond acceptors (Lipinski definition) is 7. The molecular formula is C21H30N4O4S2. The number of amides is 2. The quantitative estimate of drug-likeness (QED) is 0.497. The van der Waals surface area contributed by atoms with Crippen LogP contribution in [0.1, 0.15) is 37.6 Å². The number of carbonyl (C=O) groups excluding carboxylic acids is 2. The van der Waals surface area contributed by atoms with Crippen LogP contribution in [0.25, 0.3) is 10.2 Å². The van der Waals surface area contributed by atoms with E-state index in [9.17, 15) is 14.4 Å². The fraction of sp³-hybridized carbons (Fsp3) is 0.619. The number of aromatic amines is 1. The molecule has 0 spiro atoms. The van der Waals surface area contributed by atoms with Gasteiger partial charge < -0.3 is 19.5 Å². The summed E-state index contributed by atoms with van der Waals surface area (Å²) in [5.74, 6) is 0.667. The van der Waals surface area contributed by atoms with Crippen LogP contribution in [-0.4, -0.2) is 70.3 Å². The third-order valence-corrected chi connectivity index (χ3v) is 7.48. The van der Waals surface area contributed by atoms with Crippen LogP contribution in [0.2, 0.25) is 0 Å². The fourth-order valence-corrected chi connectivity index (χ4v) is 5.41. The first kappa shape index (κ1) is 23.6. The van der Waals surface area contributed by atoms with Crippen LogP contribution in [0.4, 0.5) is 4.79 Å². The first-order valence-corrected chi connectivity index (χ1v) is 12.5. The molecule has 0 radical (unpaired) electrons. The first-order valence-electron chi connectivity index (χ1n) is 10.7. The summed E-state index contributed by atoms with van der Waals surface area (Å²) >= 11 is 2.78. The topological polar surface area (TPSA) is 95.6 Å². The van der Waals surface area contributed by atoms with Crippen LogP contribution >= 0.6 is 23.1 Å². The van der Waals surface area contributed by atoms with Gasteiger partial charge in [0.2, 0.25) is 5.91 Å². The molecular weight excluding hydrogens is 436 g/mol. The molecule has 0 bridgehead atoms. The van der Waals surface area contributed by atoms with Gasteiger partial charge in [0, 0.05) is 31.1 Å². The average molecular weight is 467 g/mol. The number of nitrogens with zero attached hydrogens (tertiary/aromatic N) is 3. The number of carbonyl (C=O) groups is 2. The van der Waals surface area contributed by atoms with Crippen molar-refractivity contribution >= 4 is 45.3 Å². The van der Waals surface area contributed by atoms with Gasteiger partial charge in [-0.05, 0) is 31.7 Å². The smallest absolute Gasteiger partial charge is 0.409 e. The molecule has 1 aliphatic heterocycles. The zero-order valence-corrected chi connectivity index (χ0v) is 20.2. The van der Waals surface area contributed by atoms with Crippen LogP contribution in [0.3, 0.4) is 0 Å². The molecule has 2 aromatic rings. The molecule has 1 fully saturated rings. The van der Waals surface area contributed by atoms with Crippen LogP contribution in [0, 0.1) is 12.8 Å². The molecule has 1 atom stereocenters. The molecule has 2 aromatic heterocycles. The SMILES string of the molecule is CCOC(=O)N1CCN(C(=O)CSc2nc3sc(C)c(CC(C)CC)c3c(=O)[nH]2)CC1. The molecule has 10 heteroatoms. The van der Waals surface area contributed by atoms with Gasteiger partial charge >= 0.3 is 6.09 Å². The number of H-pyrrole nitrogens is 1. The minimum atomic E-state index is -0.335. The normalized spacial score (nSPS) is 15.4. The summed E-state index contributed by atoms with van der Waals surface area (Å²) in [5, 5.41) is 1.15. The Morgan fingerprint density at radius 2 is 1.90 bits per heavy atom. The summed E-state index contributed by atoms with van der Waals surface area (Å²) < 4.78 is 5.00. The maximum absolute atomic E-state index is 12.8. The van der Waals surface area contributed by atoms with E-state index in [1.54, 1.807) is 16.7 Å². The van der Waals surface area contributed by atoms with Gasteiger partial charge in [0.15, 0.2) is 5.16 Å². The molecule has 1 saturated heterocycles. The molecule has 1 N–H and O–H groups in total. The predicted octanol–water partition coefficient (Wildman–Crippen LogP) is 3.27. The van der Waals surface area contributed by atoms with Crippen molar-refractivity contribution in [2.75, 3.05) is 38.5 Å². The van der Waals surface area contributed by atoms with E-state index in [4.69, 9.17) is 4.74 Å². The number of ether oxygens (including phenoxy) is 1. The Morgan fingerprint density at radius 3 is 2.55 bits per heavy atom. The van der Waals surface area contributed by atoms with Gasteiger partial charge in [0.05, 0.1) is 17.7 Å². The Morgan fingerprint density at radius 1 is 1.23 bits per heavy atom. The Balaban J connectivity index is 1.62. The van der Waals surface area contributed by atoms with E-state index < -0.39 is 0 Å². The molecule has 1 aliphatic rings. The van der Waals surface area contributed by atoms with E-state index in [-0.39, 0.29) is 23.3 Å². The number of rotatable bonds is 7. The van der Waals surface area contributed by atoms with E-state index >= 15 is 0 Å². The van der Waals surface area contributed by atoms with Crippen LogP contribution in [0.15, 0.2) is 9.95 Å². The molecule has 3 heterocycles. The Bertz CT molecular complexity index is 995. The second-order valence-electron chi connectivity index (χ2n) is 7.76. The summed E-state index contributed by atoms with van der Waals surface area (Å²) in [7, 11) is 0. The highest BCUT2D eigenvalue weighted by molar-refractivity contribution is 7.99. The molecule has 0 saturated carbocycles.